The lowest BCUT2D eigenvalue weighted by Gasteiger charge is -2.36. The van der Waals surface area contributed by atoms with Crippen LogP contribution in [-0.2, 0) is 10.2 Å². The number of carbonyl (C=O) groups is 1. The monoisotopic (exact) mass is 545 g/mol. The molecule has 1 atom stereocenters. The molecule has 1 fully saturated rings. The summed E-state index contributed by atoms with van der Waals surface area (Å²) in [6.07, 6.45) is 3.89. The van der Waals surface area contributed by atoms with E-state index in [-0.39, 0.29) is 18.1 Å². The van der Waals surface area contributed by atoms with E-state index in [1.165, 1.54) is 6.07 Å². The van der Waals surface area contributed by atoms with Gasteiger partial charge in [0.05, 0.1) is 7.11 Å². The largest absolute Gasteiger partial charge is 0.502 e. The van der Waals surface area contributed by atoms with Gasteiger partial charge in [-0.3, -0.25) is 9.59 Å². The second-order valence-electron chi connectivity index (χ2n) is 9.05. The van der Waals surface area contributed by atoms with Crippen molar-refractivity contribution in [2.75, 3.05) is 30.6 Å². The number of methoxy groups -OCH3 is 1. The second-order valence-corrected chi connectivity index (χ2v) is 11.3. The lowest BCUT2D eigenvalue weighted by atomic mass is 9.75. The van der Waals surface area contributed by atoms with Gasteiger partial charge in [0.1, 0.15) is 17.6 Å². The van der Waals surface area contributed by atoms with Gasteiger partial charge in [-0.25, -0.2) is 0 Å². The Balaban J connectivity index is 1.56. The zero-order valence-corrected chi connectivity index (χ0v) is 22.7. The van der Waals surface area contributed by atoms with Gasteiger partial charge in [-0.15, -0.1) is 0 Å². The van der Waals surface area contributed by atoms with E-state index in [1.54, 1.807) is 37.6 Å². The highest BCUT2D eigenvalue weighted by Gasteiger charge is 2.42. The van der Waals surface area contributed by atoms with E-state index in [0.717, 1.165) is 28.6 Å². The Morgan fingerprint density at radius 3 is 2.70 bits per heavy atom. The first-order valence-electron chi connectivity index (χ1n) is 12.0. The fraction of sp³-hybridized carbons (Fsp3) is 0.462. The summed E-state index contributed by atoms with van der Waals surface area (Å²) in [5, 5.41) is 17.8. The zero-order chi connectivity index (χ0) is 26.4. The summed E-state index contributed by atoms with van der Waals surface area (Å²) in [4.78, 5) is 30.3. The molecule has 1 amide bonds. The lowest BCUT2D eigenvalue weighted by Crippen LogP contribution is -2.39. The summed E-state index contributed by atoms with van der Waals surface area (Å²) in [5.74, 6) is 3.82. The number of amides is 1. The van der Waals surface area contributed by atoms with Crippen LogP contribution >= 0.6 is 23.5 Å². The molecule has 0 radical (unpaired) electrons. The van der Waals surface area contributed by atoms with E-state index in [4.69, 9.17) is 13.7 Å². The number of carbonyl (C=O) groups excluding carboxylic acids is 1. The van der Waals surface area contributed by atoms with Crippen LogP contribution in [0.3, 0.4) is 0 Å². The molecular formula is C26H31N3O6S2. The molecule has 1 aromatic carbocycles. The van der Waals surface area contributed by atoms with Crippen molar-refractivity contribution in [3.05, 3.63) is 58.0 Å². The Labute approximate surface area is 223 Å². The first-order valence-corrected chi connectivity index (χ1v) is 14.6. The van der Waals surface area contributed by atoms with Crippen molar-refractivity contribution in [3.63, 3.8) is 0 Å². The Bertz CT molecular complexity index is 1270. The van der Waals surface area contributed by atoms with Crippen molar-refractivity contribution in [2.24, 2.45) is 0 Å². The van der Waals surface area contributed by atoms with E-state index in [2.05, 4.69) is 15.5 Å². The fourth-order valence-corrected chi connectivity index (χ4v) is 6.23. The number of benzene rings is 1. The van der Waals surface area contributed by atoms with Crippen LogP contribution in [0.5, 0.6) is 11.5 Å². The van der Waals surface area contributed by atoms with E-state index >= 15 is 0 Å². The molecule has 2 N–H and O–H groups in total. The van der Waals surface area contributed by atoms with Gasteiger partial charge in [0.25, 0.3) is 0 Å². The van der Waals surface area contributed by atoms with Crippen molar-refractivity contribution < 1.29 is 23.6 Å². The van der Waals surface area contributed by atoms with Gasteiger partial charge in [-0.1, -0.05) is 5.16 Å². The van der Waals surface area contributed by atoms with Crippen LogP contribution in [0.4, 0.5) is 0 Å². The molecule has 4 rings (SSSR count). The lowest BCUT2D eigenvalue weighted by molar-refractivity contribution is -0.123. The summed E-state index contributed by atoms with van der Waals surface area (Å²) in [6, 6.07) is 8.11. The van der Waals surface area contributed by atoms with Gasteiger partial charge in [0, 0.05) is 23.5 Å². The molecule has 1 aliphatic rings. The molecule has 9 nitrogen and oxygen atoms in total. The van der Waals surface area contributed by atoms with Crippen molar-refractivity contribution >= 4 is 29.4 Å². The van der Waals surface area contributed by atoms with E-state index < -0.39 is 22.6 Å². The Kier molecular flexibility index (Phi) is 8.86. The molecule has 0 saturated carbocycles. The quantitative estimate of drug-likeness (QED) is 0.376. The summed E-state index contributed by atoms with van der Waals surface area (Å²) < 4.78 is 16.6. The van der Waals surface area contributed by atoms with Gasteiger partial charge in [-0.05, 0) is 74.0 Å². The maximum Gasteiger partial charge on any atom is 0.249 e. The van der Waals surface area contributed by atoms with E-state index in [1.807, 2.05) is 30.5 Å². The summed E-state index contributed by atoms with van der Waals surface area (Å²) >= 11 is 3.44. The van der Waals surface area contributed by atoms with Crippen molar-refractivity contribution in [1.29, 1.82) is 0 Å². The van der Waals surface area contributed by atoms with E-state index in [0.29, 0.717) is 36.7 Å². The normalized spacial score (nSPS) is 15.8. The number of rotatable bonds is 10. The Morgan fingerprint density at radius 1 is 1.30 bits per heavy atom. The minimum absolute atomic E-state index is 0.0722. The van der Waals surface area contributed by atoms with Gasteiger partial charge in [0.15, 0.2) is 5.76 Å². The van der Waals surface area contributed by atoms with Crippen molar-refractivity contribution in [3.8, 4) is 22.9 Å². The van der Waals surface area contributed by atoms with E-state index in [9.17, 15) is 14.7 Å². The zero-order valence-electron chi connectivity index (χ0n) is 21.1. The second kappa shape index (κ2) is 12.1. The van der Waals surface area contributed by atoms with Crippen LogP contribution in [0.15, 0.2) is 44.1 Å². The minimum Gasteiger partial charge on any atom is -0.502 e. The summed E-state index contributed by atoms with van der Waals surface area (Å²) in [6.45, 7) is 1.67. The molecular weight excluding hydrogens is 514 g/mol. The number of hydrogen-bond acceptors (Lipinski definition) is 10. The van der Waals surface area contributed by atoms with Gasteiger partial charge >= 0.3 is 0 Å². The molecule has 1 saturated heterocycles. The van der Waals surface area contributed by atoms with Crippen LogP contribution in [0.2, 0.25) is 0 Å². The number of aryl methyl sites for hydroxylation is 1. The average molecular weight is 546 g/mol. The van der Waals surface area contributed by atoms with Gasteiger partial charge in [0.2, 0.25) is 28.8 Å². The van der Waals surface area contributed by atoms with Crippen LogP contribution in [0.25, 0.3) is 11.4 Å². The van der Waals surface area contributed by atoms with Gasteiger partial charge < -0.3 is 24.1 Å². The predicted molar refractivity (Wildman–Crippen MR) is 144 cm³/mol. The fourth-order valence-electron chi connectivity index (χ4n) is 4.49. The van der Waals surface area contributed by atoms with Crippen molar-refractivity contribution in [2.45, 2.75) is 44.1 Å². The highest BCUT2D eigenvalue weighted by molar-refractivity contribution is 7.99. The molecule has 11 heteroatoms. The Hall–Kier alpha value is -2.92. The standard InChI is InChI=1S/C26H31N3O6S2/c1-16-14-20(30)22(32)23(34-16)26(9-12-37-13-10-26)15-21(31)27-19(8-11-36-3)25-28-24(29-35-25)17-4-6-18(33-2)7-5-17/h4-7,14,19,32H,8-13,15H2,1-3H3,(H,27,31). The third kappa shape index (κ3) is 6.32. The number of nitrogens with one attached hydrogen (secondary N) is 1. The third-order valence-corrected chi connectivity index (χ3v) is 8.14. The molecule has 2 aromatic heterocycles. The molecule has 0 spiro atoms. The number of hydrogen-bond donors (Lipinski definition) is 2. The molecule has 0 aliphatic carbocycles. The molecule has 3 aromatic rings. The smallest absolute Gasteiger partial charge is 0.249 e. The number of ether oxygens (including phenoxy) is 1. The minimum atomic E-state index is -0.766. The van der Waals surface area contributed by atoms with Gasteiger partial charge in [-0.2, -0.15) is 28.5 Å². The Morgan fingerprint density at radius 2 is 2.03 bits per heavy atom. The SMILES string of the molecule is COc1ccc(-c2noc(C(CCSC)NC(=O)CC3(c4oc(C)cc(=O)c4O)CCSCC3)n2)cc1. The summed E-state index contributed by atoms with van der Waals surface area (Å²) in [7, 11) is 1.60. The molecule has 198 valence electrons. The number of aromatic hydroxyl groups is 1. The predicted octanol–water partition coefficient (Wildman–Crippen LogP) is 4.48. The van der Waals surface area contributed by atoms with Crippen LogP contribution in [0.1, 0.15) is 49.1 Å². The average Bonchev–Trinajstić information content (AvgIpc) is 3.39. The van der Waals surface area contributed by atoms with Crippen LogP contribution in [0, 0.1) is 6.92 Å². The molecule has 3 heterocycles. The van der Waals surface area contributed by atoms with Crippen LogP contribution in [-0.4, -0.2) is 51.8 Å². The molecule has 1 aliphatic heterocycles. The number of nitrogens with zero attached hydrogens (tertiary/aromatic N) is 2. The molecule has 1 unspecified atom stereocenters. The van der Waals surface area contributed by atoms with Crippen LogP contribution < -0.4 is 15.5 Å². The third-order valence-electron chi connectivity index (χ3n) is 6.51. The highest BCUT2D eigenvalue weighted by Crippen LogP contribution is 2.44. The van der Waals surface area contributed by atoms with Crippen molar-refractivity contribution in [1.82, 2.24) is 15.5 Å². The first-order chi connectivity index (χ1) is 17.8. The molecule has 37 heavy (non-hydrogen) atoms. The topological polar surface area (TPSA) is 128 Å². The number of thioether (sulfide) groups is 2. The maximum absolute atomic E-state index is 13.4. The number of aromatic nitrogens is 2. The summed E-state index contributed by atoms with van der Waals surface area (Å²) in [5.41, 5.74) is -0.488. The molecule has 0 bridgehead atoms. The first kappa shape index (κ1) is 27.1. The maximum atomic E-state index is 13.4. The highest BCUT2D eigenvalue weighted by atomic mass is 32.2.